The molecule has 2 rings (SSSR count). The van der Waals surface area contributed by atoms with Crippen molar-refractivity contribution < 1.29 is 4.74 Å². The van der Waals surface area contributed by atoms with Crippen molar-refractivity contribution >= 4 is 11.6 Å². The first kappa shape index (κ1) is 13.4. The Bertz CT molecular complexity index is 693. The maximum absolute atomic E-state index is 12.0. The maximum atomic E-state index is 12.0. The van der Waals surface area contributed by atoms with Gasteiger partial charge in [0.2, 0.25) is 5.75 Å². The minimum Gasteiger partial charge on any atom is -0.489 e. The molecule has 0 bridgehead atoms. The van der Waals surface area contributed by atoms with E-state index in [-0.39, 0.29) is 22.0 Å². The zero-order chi connectivity index (χ0) is 13.8. The molecule has 0 N–H and O–H groups in total. The number of hydrogen-bond acceptors (Lipinski definition) is 4. The van der Waals surface area contributed by atoms with Gasteiger partial charge >= 0.3 is 0 Å². The van der Waals surface area contributed by atoms with Crippen LogP contribution in [-0.2, 0) is 13.1 Å². The fraction of sp³-hybridized carbons (Fsp3) is 0.250. The molecular weight excluding hydrogens is 270 g/mol. The van der Waals surface area contributed by atoms with E-state index in [9.17, 15) is 9.59 Å². The molecule has 7 heteroatoms. The van der Waals surface area contributed by atoms with E-state index in [1.165, 1.54) is 28.6 Å². The van der Waals surface area contributed by atoms with E-state index in [4.69, 9.17) is 16.3 Å². The smallest absolute Gasteiger partial charge is 0.297 e. The summed E-state index contributed by atoms with van der Waals surface area (Å²) in [6.07, 6.45) is 3.00. The van der Waals surface area contributed by atoms with Crippen LogP contribution in [0.4, 0.5) is 0 Å². The van der Waals surface area contributed by atoms with Crippen molar-refractivity contribution in [3.63, 3.8) is 0 Å². The number of nitrogens with zero attached hydrogens (tertiary/aromatic N) is 3. The van der Waals surface area contributed by atoms with Crippen LogP contribution in [0.2, 0.25) is 5.15 Å². The van der Waals surface area contributed by atoms with Gasteiger partial charge in [-0.1, -0.05) is 17.7 Å². The molecule has 0 saturated carbocycles. The molecule has 0 spiro atoms. The van der Waals surface area contributed by atoms with Gasteiger partial charge in [-0.15, -0.1) is 0 Å². The van der Waals surface area contributed by atoms with E-state index in [2.05, 4.69) is 4.98 Å². The zero-order valence-corrected chi connectivity index (χ0v) is 11.0. The minimum atomic E-state index is -0.369. The topological polar surface area (TPSA) is 66.1 Å². The second-order valence-corrected chi connectivity index (χ2v) is 4.16. The lowest BCUT2D eigenvalue weighted by atomic mass is 10.4. The van der Waals surface area contributed by atoms with Crippen molar-refractivity contribution in [2.75, 3.05) is 7.11 Å². The standard InChI is InChI=1S/C12H12ClN3O3/c1-19-10-11(13)14-8-16(12(10)18)7-6-15-5-3-2-4-9(15)17/h2-5,8H,6-7H2,1H3. The normalized spacial score (nSPS) is 10.4. The number of hydrogen-bond donors (Lipinski definition) is 0. The van der Waals surface area contributed by atoms with Crippen molar-refractivity contribution in [1.82, 2.24) is 14.1 Å². The average molecular weight is 282 g/mol. The number of ether oxygens (including phenoxy) is 1. The second kappa shape index (κ2) is 5.71. The van der Waals surface area contributed by atoms with E-state index in [1.54, 1.807) is 18.3 Å². The van der Waals surface area contributed by atoms with Gasteiger partial charge in [0.25, 0.3) is 11.1 Å². The Kier molecular flexibility index (Phi) is 4.01. The average Bonchev–Trinajstić information content (AvgIpc) is 2.40. The Morgan fingerprint density at radius 3 is 2.68 bits per heavy atom. The number of rotatable bonds is 4. The lowest BCUT2D eigenvalue weighted by Gasteiger charge is -2.09. The summed E-state index contributed by atoms with van der Waals surface area (Å²) < 4.78 is 7.75. The molecule has 0 radical (unpaired) electrons. The molecule has 0 saturated heterocycles. The minimum absolute atomic E-state index is 0.00424. The molecule has 100 valence electrons. The molecular formula is C12H12ClN3O3. The van der Waals surface area contributed by atoms with Crippen LogP contribution in [0.3, 0.4) is 0 Å². The number of pyridine rings is 1. The Morgan fingerprint density at radius 1 is 1.26 bits per heavy atom. The summed E-state index contributed by atoms with van der Waals surface area (Å²) in [7, 11) is 1.36. The fourth-order valence-corrected chi connectivity index (χ4v) is 1.84. The maximum Gasteiger partial charge on any atom is 0.297 e. The Labute approximate surface area is 113 Å². The highest BCUT2D eigenvalue weighted by Gasteiger charge is 2.10. The first-order valence-corrected chi connectivity index (χ1v) is 5.95. The predicted molar refractivity (Wildman–Crippen MR) is 70.8 cm³/mol. The third-order valence-corrected chi connectivity index (χ3v) is 2.91. The van der Waals surface area contributed by atoms with E-state index < -0.39 is 0 Å². The molecule has 0 aromatic carbocycles. The second-order valence-electron chi connectivity index (χ2n) is 3.80. The number of aryl methyl sites for hydroxylation is 2. The lowest BCUT2D eigenvalue weighted by molar-refractivity contribution is 0.397. The third-order valence-electron chi connectivity index (χ3n) is 2.64. The highest BCUT2D eigenvalue weighted by atomic mass is 35.5. The number of methoxy groups -OCH3 is 1. The number of halogens is 1. The first-order chi connectivity index (χ1) is 9.13. The van der Waals surface area contributed by atoms with Crippen LogP contribution in [0.5, 0.6) is 5.75 Å². The monoisotopic (exact) mass is 281 g/mol. The summed E-state index contributed by atoms with van der Waals surface area (Å²) in [5.74, 6) is 0.00424. The van der Waals surface area contributed by atoms with E-state index in [1.807, 2.05) is 0 Å². The van der Waals surface area contributed by atoms with Crippen LogP contribution in [0, 0.1) is 0 Å². The van der Waals surface area contributed by atoms with Crippen molar-refractivity contribution in [1.29, 1.82) is 0 Å². The summed E-state index contributed by atoms with van der Waals surface area (Å²) in [6.45, 7) is 0.676. The van der Waals surface area contributed by atoms with E-state index in [0.717, 1.165) is 0 Å². The zero-order valence-electron chi connectivity index (χ0n) is 10.2. The summed E-state index contributed by atoms with van der Waals surface area (Å²) in [6, 6.07) is 4.88. The summed E-state index contributed by atoms with van der Waals surface area (Å²) in [5, 5.41) is 0.0284. The summed E-state index contributed by atoms with van der Waals surface area (Å²) in [4.78, 5) is 27.3. The highest BCUT2D eigenvalue weighted by molar-refractivity contribution is 6.30. The van der Waals surface area contributed by atoms with Gasteiger partial charge in [-0.25, -0.2) is 4.98 Å². The molecule has 0 aliphatic heterocycles. The predicted octanol–water partition coefficient (Wildman–Crippen LogP) is 0.767. The van der Waals surface area contributed by atoms with Crippen molar-refractivity contribution in [2.24, 2.45) is 0 Å². The number of aromatic nitrogens is 3. The van der Waals surface area contributed by atoms with Crippen LogP contribution in [-0.4, -0.2) is 21.2 Å². The molecule has 0 aliphatic rings. The molecule has 2 aromatic heterocycles. The van der Waals surface area contributed by atoms with E-state index >= 15 is 0 Å². The third kappa shape index (κ3) is 2.85. The van der Waals surface area contributed by atoms with Crippen LogP contribution in [0.15, 0.2) is 40.3 Å². The Morgan fingerprint density at radius 2 is 2.00 bits per heavy atom. The molecule has 0 atom stereocenters. The molecule has 2 heterocycles. The Balaban J connectivity index is 2.24. The highest BCUT2D eigenvalue weighted by Crippen LogP contribution is 2.14. The lowest BCUT2D eigenvalue weighted by Crippen LogP contribution is -2.27. The van der Waals surface area contributed by atoms with Gasteiger partial charge in [0.15, 0.2) is 5.15 Å². The quantitative estimate of drug-likeness (QED) is 0.777. The van der Waals surface area contributed by atoms with Crippen molar-refractivity contribution in [3.05, 3.63) is 56.6 Å². The molecule has 0 aliphatic carbocycles. The molecule has 0 amide bonds. The van der Waals surface area contributed by atoms with Gasteiger partial charge in [-0.3, -0.25) is 14.2 Å². The van der Waals surface area contributed by atoms with Gasteiger partial charge in [0.05, 0.1) is 13.4 Å². The SMILES string of the molecule is COc1c(Cl)ncn(CCn2ccccc2=O)c1=O. The summed E-state index contributed by atoms with van der Waals surface area (Å²) in [5.41, 5.74) is -0.490. The van der Waals surface area contributed by atoms with Gasteiger partial charge in [0.1, 0.15) is 0 Å². The van der Waals surface area contributed by atoms with Crippen LogP contribution in [0.1, 0.15) is 0 Å². The van der Waals surface area contributed by atoms with Crippen LogP contribution in [0.25, 0.3) is 0 Å². The largest absolute Gasteiger partial charge is 0.489 e. The molecule has 6 nitrogen and oxygen atoms in total. The molecule has 0 fully saturated rings. The van der Waals surface area contributed by atoms with Crippen molar-refractivity contribution in [2.45, 2.75) is 13.1 Å². The van der Waals surface area contributed by atoms with Gasteiger partial charge in [0, 0.05) is 25.4 Å². The summed E-state index contributed by atoms with van der Waals surface area (Å²) >= 11 is 5.74. The van der Waals surface area contributed by atoms with Gasteiger partial charge < -0.3 is 9.30 Å². The van der Waals surface area contributed by atoms with E-state index in [0.29, 0.717) is 13.1 Å². The molecule has 0 unspecified atom stereocenters. The van der Waals surface area contributed by atoms with Crippen LogP contribution < -0.4 is 15.9 Å². The van der Waals surface area contributed by atoms with Gasteiger partial charge in [-0.05, 0) is 6.07 Å². The molecule has 19 heavy (non-hydrogen) atoms. The van der Waals surface area contributed by atoms with Gasteiger partial charge in [-0.2, -0.15) is 0 Å². The first-order valence-electron chi connectivity index (χ1n) is 5.58. The molecule has 2 aromatic rings. The van der Waals surface area contributed by atoms with Crippen molar-refractivity contribution in [3.8, 4) is 5.75 Å². The Hall–Kier alpha value is -2.08. The van der Waals surface area contributed by atoms with Crippen LogP contribution >= 0.6 is 11.6 Å². The fourth-order valence-electron chi connectivity index (χ4n) is 1.64.